The summed E-state index contributed by atoms with van der Waals surface area (Å²) in [5, 5.41) is 0. The van der Waals surface area contributed by atoms with Crippen LogP contribution in [0, 0.1) is 0 Å². The molecule has 0 saturated carbocycles. The Bertz CT molecular complexity index is 44.8. The van der Waals surface area contributed by atoms with E-state index in [0.29, 0.717) is 0 Å². The van der Waals surface area contributed by atoms with E-state index in [1.54, 1.807) is 11.9 Å². The molecule has 0 saturated heterocycles. The molecule has 0 N–H and O–H groups in total. The third-order valence-corrected chi connectivity index (χ3v) is 0.679. The molecule has 0 aliphatic heterocycles. The van der Waals surface area contributed by atoms with Gasteiger partial charge in [0.05, 0.1) is 0 Å². The van der Waals surface area contributed by atoms with Gasteiger partial charge in [0, 0.05) is 0 Å². The minimum atomic E-state index is 0.795. The Labute approximate surface area is 37.8 Å². The molecule has 2 nitrogen and oxygen atoms in total. The molecule has 0 aromatic carbocycles. The summed E-state index contributed by atoms with van der Waals surface area (Å²) in [5.74, 6) is 0. The lowest BCUT2D eigenvalue weighted by Crippen LogP contribution is -2.21. The summed E-state index contributed by atoms with van der Waals surface area (Å²) in [6.45, 7) is 2.72. The first-order valence-electron chi connectivity index (χ1n) is 1.96. The smallest absolute Gasteiger partial charge is 0.228 e. The van der Waals surface area contributed by atoms with Crippen molar-refractivity contribution in [2.75, 3.05) is 13.6 Å². The highest BCUT2D eigenvalue weighted by Gasteiger charge is 1.94. The zero-order valence-electron chi connectivity index (χ0n) is 4.14. The van der Waals surface area contributed by atoms with Crippen molar-refractivity contribution in [3.05, 3.63) is 0 Å². The van der Waals surface area contributed by atoms with Crippen LogP contribution in [0.1, 0.15) is 6.92 Å². The van der Waals surface area contributed by atoms with Gasteiger partial charge in [-0.2, -0.15) is 0 Å². The molecule has 0 bridgehead atoms. The first kappa shape index (κ1) is 5.63. The Balaban J connectivity index is 2.96. The summed E-state index contributed by atoms with van der Waals surface area (Å²) in [7, 11) is 1.74. The van der Waals surface area contributed by atoms with Gasteiger partial charge in [-0.15, -0.1) is 4.90 Å². The van der Waals surface area contributed by atoms with Gasteiger partial charge < -0.3 is 0 Å². The van der Waals surface area contributed by atoms with Crippen LogP contribution in [0.3, 0.4) is 0 Å². The minimum absolute atomic E-state index is 0.795. The quantitative estimate of drug-likeness (QED) is 0.341. The highest BCUT2D eigenvalue weighted by molar-refractivity contribution is 5.49. The first-order valence-corrected chi connectivity index (χ1v) is 1.96. The Kier molecular flexibility index (Phi) is 2.67. The minimum Gasteiger partial charge on any atom is -0.228 e. The fourth-order valence-corrected chi connectivity index (χ4v) is 0.0745. The lowest BCUT2D eigenvalue weighted by molar-refractivity contribution is -0.112. The second-order valence-electron chi connectivity index (χ2n) is 1.18. The number of carbonyl (C=O) groups excluding carboxylic acids is 1. The van der Waals surface area contributed by atoms with Gasteiger partial charge in [-0.25, -0.2) is 4.79 Å². The number of amides is 1. The summed E-state index contributed by atoms with van der Waals surface area (Å²) in [6, 6.07) is 0. The van der Waals surface area contributed by atoms with E-state index in [2.05, 4.69) is 0 Å². The van der Waals surface area contributed by atoms with Crippen molar-refractivity contribution in [1.82, 2.24) is 4.90 Å². The van der Waals surface area contributed by atoms with Gasteiger partial charge in [-0.3, -0.25) is 0 Å². The van der Waals surface area contributed by atoms with Crippen molar-refractivity contribution >= 4 is 6.41 Å². The van der Waals surface area contributed by atoms with Crippen LogP contribution in [-0.4, -0.2) is 20.0 Å². The van der Waals surface area contributed by atoms with E-state index in [-0.39, 0.29) is 0 Å². The molecule has 0 aromatic rings. The van der Waals surface area contributed by atoms with E-state index in [1.807, 2.05) is 6.92 Å². The predicted molar refractivity (Wildman–Crippen MR) is 24.7 cm³/mol. The van der Waals surface area contributed by atoms with Gasteiger partial charge in [-0.1, -0.05) is 0 Å². The maximum absolute atomic E-state index is 9.66. The van der Waals surface area contributed by atoms with Crippen LogP contribution >= 0.6 is 0 Å². The van der Waals surface area contributed by atoms with Gasteiger partial charge in [0.1, 0.15) is 13.6 Å². The summed E-state index contributed by atoms with van der Waals surface area (Å²) in [4.78, 5) is 11.2. The monoisotopic (exact) mass is 87.1 g/mol. The number of hydrogen-bond donors (Lipinski definition) is 0. The molecule has 0 unspecified atom stereocenters. The highest BCUT2D eigenvalue weighted by Crippen LogP contribution is 1.60. The average Bonchev–Trinajstić information content (AvgIpc) is 1.65. The van der Waals surface area contributed by atoms with E-state index >= 15 is 0 Å². The van der Waals surface area contributed by atoms with E-state index in [1.165, 1.54) is 0 Å². The highest BCUT2D eigenvalue weighted by atomic mass is 16.1. The SMILES string of the molecule is CC[N+](C)C=O. The normalized spacial score (nSPS) is 9.17. The summed E-state index contributed by atoms with van der Waals surface area (Å²) in [5.41, 5.74) is 0. The average molecular weight is 87.1 g/mol. The van der Waals surface area contributed by atoms with Crippen molar-refractivity contribution in [2.45, 2.75) is 6.92 Å². The van der Waals surface area contributed by atoms with Gasteiger partial charge >= 0.3 is 6.41 Å². The lowest BCUT2D eigenvalue weighted by Gasteiger charge is -1.85. The van der Waals surface area contributed by atoms with Crippen LogP contribution in [0.2, 0.25) is 0 Å². The molecule has 0 aliphatic carbocycles. The second kappa shape index (κ2) is 2.85. The molecule has 0 rings (SSSR count). The molecular weight excluding hydrogens is 78.0 g/mol. The molecule has 35 valence electrons. The summed E-state index contributed by atoms with van der Waals surface area (Å²) < 4.78 is 0. The topological polar surface area (TPSA) is 23.0 Å². The maximum atomic E-state index is 9.66. The van der Waals surface area contributed by atoms with Crippen molar-refractivity contribution < 1.29 is 4.79 Å². The van der Waals surface area contributed by atoms with Gasteiger partial charge in [0.15, 0.2) is 0 Å². The molecule has 0 aromatic heterocycles. The molecule has 2 heteroatoms. The van der Waals surface area contributed by atoms with Gasteiger partial charge in [-0.05, 0) is 6.92 Å². The molecule has 1 amide bonds. The Morgan fingerprint density at radius 2 is 2.33 bits per heavy atom. The van der Waals surface area contributed by atoms with Crippen LogP contribution in [-0.2, 0) is 4.79 Å². The predicted octanol–water partition coefficient (Wildman–Crippen LogP) is -0.0674. The van der Waals surface area contributed by atoms with Crippen LogP contribution in [0.4, 0.5) is 0 Å². The largest absolute Gasteiger partial charge is 0.348 e. The molecule has 0 spiro atoms. The number of nitrogens with zero attached hydrogens (tertiary/aromatic N) is 1. The zero-order valence-corrected chi connectivity index (χ0v) is 4.14. The van der Waals surface area contributed by atoms with Gasteiger partial charge in [0.25, 0.3) is 0 Å². The standard InChI is InChI=1S/C4H9NO/c1-3-5(2)4-6/h4H,3H2,1-2H3/q+1. The Morgan fingerprint density at radius 3 is 2.33 bits per heavy atom. The molecule has 0 fully saturated rings. The van der Waals surface area contributed by atoms with Crippen molar-refractivity contribution in [3.8, 4) is 0 Å². The molecule has 0 aliphatic rings. The van der Waals surface area contributed by atoms with Crippen LogP contribution < -0.4 is 4.90 Å². The summed E-state index contributed by atoms with van der Waals surface area (Å²) in [6.07, 6.45) is 0.806. The van der Waals surface area contributed by atoms with Crippen LogP contribution in [0.15, 0.2) is 0 Å². The van der Waals surface area contributed by atoms with Gasteiger partial charge in [0.2, 0.25) is 0 Å². The third-order valence-electron chi connectivity index (χ3n) is 0.679. The first-order chi connectivity index (χ1) is 2.81. The Hall–Kier alpha value is -0.370. The Morgan fingerprint density at radius 1 is 1.83 bits per heavy atom. The number of rotatable bonds is 2. The van der Waals surface area contributed by atoms with Crippen LogP contribution in [0.5, 0.6) is 0 Å². The van der Waals surface area contributed by atoms with E-state index in [9.17, 15) is 4.79 Å². The van der Waals surface area contributed by atoms with Crippen molar-refractivity contribution in [1.29, 1.82) is 0 Å². The molecule has 0 heterocycles. The molecular formula is C4H9NO+. The van der Waals surface area contributed by atoms with Crippen molar-refractivity contribution in [2.24, 2.45) is 0 Å². The zero-order chi connectivity index (χ0) is 4.99. The fraction of sp³-hybridized carbons (Fsp3) is 0.750. The molecule has 6 heavy (non-hydrogen) atoms. The van der Waals surface area contributed by atoms with Crippen LogP contribution in [0.25, 0.3) is 0 Å². The number of carbonyl (C=O) groups is 1. The molecule has 0 atom stereocenters. The summed E-state index contributed by atoms with van der Waals surface area (Å²) >= 11 is 0. The lowest BCUT2D eigenvalue weighted by atomic mass is 10.7. The van der Waals surface area contributed by atoms with Crippen molar-refractivity contribution in [3.63, 3.8) is 0 Å². The maximum Gasteiger partial charge on any atom is 0.348 e. The fourth-order valence-electron chi connectivity index (χ4n) is 0.0745. The van der Waals surface area contributed by atoms with E-state index < -0.39 is 0 Å². The third kappa shape index (κ3) is 1.91. The van der Waals surface area contributed by atoms with E-state index in [4.69, 9.17) is 0 Å². The second-order valence-corrected chi connectivity index (χ2v) is 1.18. The molecule has 1 radical (unpaired) electrons. The number of hydrogen-bond acceptors (Lipinski definition) is 1. The van der Waals surface area contributed by atoms with E-state index in [0.717, 1.165) is 13.0 Å².